The molecule has 0 saturated carbocycles. The quantitative estimate of drug-likeness (QED) is 0.881. The second-order valence-electron chi connectivity index (χ2n) is 5.65. The van der Waals surface area contributed by atoms with E-state index < -0.39 is 9.84 Å². The van der Waals surface area contributed by atoms with Crippen molar-refractivity contribution in [3.05, 3.63) is 23.8 Å². The van der Waals surface area contributed by atoms with E-state index >= 15 is 0 Å². The maximum absolute atomic E-state index is 11.9. The number of sulfone groups is 1. The van der Waals surface area contributed by atoms with Crippen molar-refractivity contribution in [3.8, 4) is 11.5 Å². The third kappa shape index (κ3) is 3.71. The van der Waals surface area contributed by atoms with Gasteiger partial charge in [0.2, 0.25) is 5.91 Å². The fourth-order valence-electron chi connectivity index (χ4n) is 2.71. The number of rotatable bonds is 4. The van der Waals surface area contributed by atoms with Crippen molar-refractivity contribution >= 4 is 15.7 Å². The zero-order valence-electron chi connectivity index (χ0n) is 12.2. The van der Waals surface area contributed by atoms with Gasteiger partial charge in [-0.15, -0.1) is 0 Å². The number of nitrogens with one attached hydrogen (secondary N) is 1. The van der Waals surface area contributed by atoms with Crippen LogP contribution in [0.15, 0.2) is 18.2 Å². The fourth-order valence-corrected chi connectivity index (χ4v) is 4.38. The number of carbonyl (C=O) groups is 1. The van der Waals surface area contributed by atoms with Crippen LogP contribution in [-0.2, 0) is 21.1 Å². The smallest absolute Gasteiger partial charge is 0.220 e. The largest absolute Gasteiger partial charge is 0.486 e. The van der Waals surface area contributed by atoms with E-state index in [9.17, 15) is 13.2 Å². The minimum absolute atomic E-state index is 0.0583. The van der Waals surface area contributed by atoms with Gasteiger partial charge >= 0.3 is 0 Å². The standard InChI is InChI=1S/C15H19NO5S/c17-15(16-12-5-8-22(18,19)10-12)4-2-11-1-3-13-14(9-11)21-7-6-20-13/h1,3,9,12H,2,4-8,10H2,(H,16,17). The van der Waals surface area contributed by atoms with Crippen molar-refractivity contribution in [2.75, 3.05) is 24.7 Å². The van der Waals surface area contributed by atoms with Crippen LogP contribution in [0.4, 0.5) is 0 Å². The Balaban J connectivity index is 1.51. The first kappa shape index (κ1) is 15.1. The Hall–Kier alpha value is -1.76. The number of hydrogen-bond acceptors (Lipinski definition) is 5. The summed E-state index contributed by atoms with van der Waals surface area (Å²) >= 11 is 0. The topological polar surface area (TPSA) is 81.7 Å². The molecule has 0 bridgehead atoms. The summed E-state index contributed by atoms with van der Waals surface area (Å²) in [6.07, 6.45) is 1.43. The van der Waals surface area contributed by atoms with Crippen molar-refractivity contribution in [1.82, 2.24) is 5.32 Å². The Morgan fingerprint density at radius 3 is 2.73 bits per heavy atom. The first-order valence-corrected chi connectivity index (χ1v) is 9.22. The molecule has 6 nitrogen and oxygen atoms in total. The molecule has 1 atom stereocenters. The lowest BCUT2D eigenvalue weighted by Crippen LogP contribution is -2.35. The summed E-state index contributed by atoms with van der Waals surface area (Å²) in [6, 6.07) is 5.42. The number of aryl methyl sites for hydroxylation is 1. The van der Waals surface area contributed by atoms with Crippen LogP contribution in [0.1, 0.15) is 18.4 Å². The number of ether oxygens (including phenoxy) is 2. The summed E-state index contributed by atoms with van der Waals surface area (Å²) in [4.78, 5) is 11.9. The summed E-state index contributed by atoms with van der Waals surface area (Å²) in [6.45, 7) is 1.09. The van der Waals surface area contributed by atoms with Gasteiger partial charge in [0.1, 0.15) is 13.2 Å². The highest BCUT2D eigenvalue weighted by Crippen LogP contribution is 2.31. The van der Waals surface area contributed by atoms with Crippen LogP contribution in [-0.4, -0.2) is 45.1 Å². The molecule has 7 heteroatoms. The molecular weight excluding hydrogens is 306 g/mol. The maximum atomic E-state index is 11.9. The van der Waals surface area contributed by atoms with Crippen LogP contribution in [0.3, 0.4) is 0 Å². The highest BCUT2D eigenvalue weighted by atomic mass is 32.2. The normalized spacial score (nSPS) is 22.3. The second-order valence-corrected chi connectivity index (χ2v) is 7.87. The van der Waals surface area contributed by atoms with E-state index in [4.69, 9.17) is 9.47 Å². The minimum Gasteiger partial charge on any atom is -0.486 e. The molecule has 0 spiro atoms. The Morgan fingerprint density at radius 2 is 2.00 bits per heavy atom. The maximum Gasteiger partial charge on any atom is 0.220 e. The van der Waals surface area contributed by atoms with Gasteiger partial charge in [0.05, 0.1) is 11.5 Å². The highest BCUT2D eigenvalue weighted by molar-refractivity contribution is 7.91. The first-order valence-electron chi connectivity index (χ1n) is 7.40. The molecule has 3 rings (SSSR count). The number of fused-ring (bicyclic) bond motifs is 1. The van der Waals surface area contributed by atoms with E-state index in [1.807, 2.05) is 18.2 Å². The van der Waals surface area contributed by atoms with Crippen LogP contribution >= 0.6 is 0 Å². The molecular formula is C15H19NO5S. The van der Waals surface area contributed by atoms with Gasteiger partial charge in [0, 0.05) is 12.5 Å². The number of benzene rings is 1. The van der Waals surface area contributed by atoms with Crippen LogP contribution < -0.4 is 14.8 Å². The molecule has 1 saturated heterocycles. The lowest BCUT2D eigenvalue weighted by molar-refractivity contribution is -0.121. The van der Waals surface area contributed by atoms with Gasteiger partial charge in [0.15, 0.2) is 21.3 Å². The molecule has 2 aliphatic heterocycles. The highest BCUT2D eigenvalue weighted by Gasteiger charge is 2.28. The summed E-state index contributed by atoms with van der Waals surface area (Å²) in [5.41, 5.74) is 0.999. The Bertz CT molecular complexity index is 671. The second kappa shape index (κ2) is 6.16. The summed E-state index contributed by atoms with van der Waals surface area (Å²) in [5, 5.41) is 2.79. The predicted octanol–water partition coefficient (Wildman–Crippen LogP) is 0.694. The lowest BCUT2D eigenvalue weighted by Gasteiger charge is -2.19. The van der Waals surface area contributed by atoms with Crippen molar-refractivity contribution in [2.24, 2.45) is 0 Å². The molecule has 0 radical (unpaired) electrons. The van der Waals surface area contributed by atoms with Crippen molar-refractivity contribution in [2.45, 2.75) is 25.3 Å². The van der Waals surface area contributed by atoms with E-state index in [-0.39, 0.29) is 23.5 Å². The van der Waals surface area contributed by atoms with Crippen molar-refractivity contribution in [3.63, 3.8) is 0 Å². The van der Waals surface area contributed by atoms with Gasteiger partial charge in [-0.1, -0.05) is 6.07 Å². The van der Waals surface area contributed by atoms with Gasteiger partial charge < -0.3 is 14.8 Å². The summed E-state index contributed by atoms with van der Waals surface area (Å²) in [5.74, 6) is 1.56. The van der Waals surface area contributed by atoms with Crippen LogP contribution in [0.25, 0.3) is 0 Å². The SMILES string of the molecule is O=C(CCc1ccc2c(c1)OCCO2)NC1CCS(=O)(=O)C1. The third-order valence-corrected chi connectivity index (χ3v) is 5.61. The number of hydrogen-bond donors (Lipinski definition) is 1. The molecule has 2 heterocycles. The first-order chi connectivity index (χ1) is 10.5. The van der Waals surface area contributed by atoms with Gasteiger partial charge in [0.25, 0.3) is 0 Å². The van der Waals surface area contributed by atoms with Crippen LogP contribution in [0.2, 0.25) is 0 Å². The van der Waals surface area contributed by atoms with E-state index in [2.05, 4.69) is 5.32 Å². The average molecular weight is 325 g/mol. The van der Waals surface area contributed by atoms with Crippen LogP contribution in [0, 0.1) is 0 Å². The molecule has 1 aromatic rings. The van der Waals surface area contributed by atoms with Gasteiger partial charge in [-0.25, -0.2) is 8.42 Å². The van der Waals surface area contributed by atoms with Crippen molar-refractivity contribution < 1.29 is 22.7 Å². The molecule has 1 aromatic carbocycles. The Kier molecular flexibility index (Phi) is 4.24. The molecule has 0 aliphatic carbocycles. The van der Waals surface area contributed by atoms with E-state index in [0.717, 1.165) is 11.3 Å². The Labute approximate surface area is 129 Å². The predicted molar refractivity (Wildman–Crippen MR) is 81.0 cm³/mol. The fraction of sp³-hybridized carbons (Fsp3) is 0.533. The molecule has 0 aromatic heterocycles. The third-order valence-electron chi connectivity index (χ3n) is 3.84. The zero-order valence-corrected chi connectivity index (χ0v) is 13.0. The van der Waals surface area contributed by atoms with Crippen LogP contribution in [0.5, 0.6) is 11.5 Å². The van der Waals surface area contributed by atoms with E-state index in [0.29, 0.717) is 38.2 Å². The summed E-state index contributed by atoms with van der Waals surface area (Å²) in [7, 11) is -2.96. The molecule has 1 amide bonds. The minimum atomic E-state index is -2.96. The van der Waals surface area contributed by atoms with Gasteiger partial charge in [-0.05, 0) is 30.5 Å². The monoisotopic (exact) mass is 325 g/mol. The summed E-state index contributed by atoms with van der Waals surface area (Å²) < 4.78 is 33.7. The zero-order chi connectivity index (χ0) is 15.6. The molecule has 2 aliphatic rings. The lowest BCUT2D eigenvalue weighted by atomic mass is 10.1. The molecule has 1 fully saturated rings. The van der Waals surface area contributed by atoms with E-state index in [1.54, 1.807) is 0 Å². The molecule has 1 unspecified atom stereocenters. The average Bonchev–Trinajstić information content (AvgIpc) is 2.84. The number of carbonyl (C=O) groups excluding carboxylic acids is 1. The Morgan fingerprint density at radius 1 is 1.23 bits per heavy atom. The molecule has 1 N–H and O–H groups in total. The molecule has 120 valence electrons. The van der Waals surface area contributed by atoms with Crippen molar-refractivity contribution in [1.29, 1.82) is 0 Å². The van der Waals surface area contributed by atoms with E-state index in [1.165, 1.54) is 0 Å². The van der Waals surface area contributed by atoms with Gasteiger partial charge in [-0.2, -0.15) is 0 Å². The number of amides is 1. The molecule has 22 heavy (non-hydrogen) atoms. The van der Waals surface area contributed by atoms with Gasteiger partial charge in [-0.3, -0.25) is 4.79 Å².